The number of rotatable bonds is 9. The molecule has 2 aliphatic heterocycles. The highest BCUT2D eigenvalue weighted by Gasteiger charge is 2.26. The molecule has 2 fully saturated rings. The second kappa shape index (κ2) is 10.3. The Morgan fingerprint density at radius 1 is 1.19 bits per heavy atom. The molecule has 2 unspecified atom stereocenters. The molecule has 2 aliphatic rings. The van der Waals surface area contributed by atoms with Crippen molar-refractivity contribution in [2.75, 3.05) is 31.2 Å². The van der Waals surface area contributed by atoms with Gasteiger partial charge in [-0.15, -0.1) is 0 Å². The minimum atomic E-state index is 0.0822. The van der Waals surface area contributed by atoms with E-state index < -0.39 is 0 Å². The van der Waals surface area contributed by atoms with Crippen molar-refractivity contribution >= 4 is 11.5 Å². The van der Waals surface area contributed by atoms with E-state index in [1.165, 1.54) is 5.56 Å². The lowest BCUT2D eigenvalue weighted by atomic mass is 9.90. The Kier molecular flexibility index (Phi) is 7.30. The minimum absolute atomic E-state index is 0.0822. The number of benzene rings is 1. The standard InChI is InChI=1S/C26H34N2O4/c1-18(2)31-26-15-22(8-11-27-26)28-12-9-24(16-28)32-23-6-4-20(5-7-23)19(3)14-25(29)21-10-13-30-17-21/h4-8,11,15,18-19,21,24H,9-10,12-14,16-17H2,1-3H3/t19-,21?,24?/m1/s1. The molecule has 4 rings (SSSR count). The zero-order valence-electron chi connectivity index (χ0n) is 19.3. The van der Waals surface area contributed by atoms with E-state index in [0.717, 1.165) is 37.4 Å². The number of ether oxygens (including phenoxy) is 3. The van der Waals surface area contributed by atoms with Crippen LogP contribution in [0.25, 0.3) is 0 Å². The van der Waals surface area contributed by atoms with Gasteiger partial charge in [-0.1, -0.05) is 19.1 Å². The van der Waals surface area contributed by atoms with Crippen LogP contribution in [0.3, 0.4) is 0 Å². The van der Waals surface area contributed by atoms with E-state index in [2.05, 4.69) is 28.9 Å². The van der Waals surface area contributed by atoms with Crippen molar-refractivity contribution in [2.24, 2.45) is 5.92 Å². The Hall–Kier alpha value is -2.60. The molecule has 32 heavy (non-hydrogen) atoms. The normalized spacial score (nSPS) is 21.7. The Morgan fingerprint density at radius 3 is 2.72 bits per heavy atom. The highest BCUT2D eigenvalue weighted by Crippen LogP contribution is 2.28. The van der Waals surface area contributed by atoms with E-state index >= 15 is 0 Å². The number of hydrogen-bond acceptors (Lipinski definition) is 6. The van der Waals surface area contributed by atoms with Crippen molar-refractivity contribution in [3.05, 3.63) is 48.2 Å². The molecular weight excluding hydrogens is 404 g/mol. The number of carbonyl (C=O) groups excluding carboxylic acids is 1. The highest BCUT2D eigenvalue weighted by molar-refractivity contribution is 5.82. The molecule has 0 radical (unpaired) electrons. The lowest BCUT2D eigenvalue weighted by Gasteiger charge is -2.20. The molecule has 0 saturated carbocycles. The third-order valence-electron chi connectivity index (χ3n) is 6.23. The number of anilines is 1. The molecule has 0 N–H and O–H groups in total. The first kappa shape index (κ1) is 22.6. The summed E-state index contributed by atoms with van der Waals surface area (Å²) in [5.74, 6) is 2.14. The predicted octanol–water partition coefficient (Wildman–Crippen LogP) is 4.63. The van der Waals surface area contributed by atoms with Crippen molar-refractivity contribution in [3.8, 4) is 11.6 Å². The van der Waals surface area contributed by atoms with Crippen molar-refractivity contribution in [2.45, 2.75) is 58.2 Å². The number of aromatic nitrogens is 1. The van der Waals surface area contributed by atoms with Gasteiger partial charge in [0, 0.05) is 49.9 Å². The maximum Gasteiger partial charge on any atom is 0.215 e. The first-order valence-electron chi connectivity index (χ1n) is 11.7. The summed E-state index contributed by atoms with van der Waals surface area (Å²) in [5.41, 5.74) is 2.29. The number of carbonyl (C=O) groups is 1. The molecule has 3 heterocycles. The van der Waals surface area contributed by atoms with Gasteiger partial charge in [-0.25, -0.2) is 4.98 Å². The van der Waals surface area contributed by atoms with E-state index in [-0.39, 0.29) is 24.0 Å². The summed E-state index contributed by atoms with van der Waals surface area (Å²) in [6, 6.07) is 12.2. The van der Waals surface area contributed by atoms with Crippen molar-refractivity contribution < 1.29 is 19.0 Å². The lowest BCUT2D eigenvalue weighted by Crippen LogP contribution is -2.24. The largest absolute Gasteiger partial charge is 0.489 e. The molecule has 2 aromatic rings. The van der Waals surface area contributed by atoms with E-state index in [9.17, 15) is 4.79 Å². The van der Waals surface area contributed by atoms with Gasteiger partial charge in [0.05, 0.1) is 19.3 Å². The molecule has 6 nitrogen and oxygen atoms in total. The van der Waals surface area contributed by atoms with E-state index in [1.54, 1.807) is 6.20 Å². The summed E-state index contributed by atoms with van der Waals surface area (Å²) in [6.45, 7) is 9.19. The number of pyridine rings is 1. The van der Waals surface area contributed by atoms with E-state index in [4.69, 9.17) is 14.2 Å². The average Bonchev–Trinajstić information content (AvgIpc) is 3.46. The van der Waals surface area contributed by atoms with Crippen LogP contribution in [0.1, 0.15) is 51.5 Å². The second-order valence-corrected chi connectivity index (χ2v) is 9.19. The molecule has 3 atom stereocenters. The van der Waals surface area contributed by atoms with Crippen LogP contribution in [0.15, 0.2) is 42.6 Å². The second-order valence-electron chi connectivity index (χ2n) is 9.19. The van der Waals surface area contributed by atoms with Crippen LogP contribution < -0.4 is 14.4 Å². The van der Waals surface area contributed by atoms with Gasteiger partial charge in [0.25, 0.3) is 0 Å². The number of ketones is 1. The molecule has 172 valence electrons. The molecule has 0 amide bonds. The van der Waals surface area contributed by atoms with Gasteiger partial charge < -0.3 is 19.1 Å². The van der Waals surface area contributed by atoms with Crippen molar-refractivity contribution in [1.82, 2.24) is 4.98 Å². The third kappa shape index (κ3) is 5.80. The summed E-state index contributed by atoms with van der Waals surface area (Å²) in [5, 5.41) is 0. The molecule has 0 spiro atoms. The van der Waals surface area contributed by atoms with Crippen molar-refractivity contribution in [3.63, 3.8) is 0 Å². The van der Waals surface area contributed by atoms with Crippen LogP contribution in [0.2, 0.25) is 0 Å². The Morgan fingerprint density at radius 2 is 2.00 bits per heavy atom. The number of hydrogen-bond donors (Lipinski definition) is 0. The number of nitrogens with zero attached hydrogens (tertiary/aromatic N) is 2. The smallest absolute Gasteiger partial charge is 0.215 e. The monoisotopic (exact) mass is 438 g/mol. The molecule has 6 heteroatoms. The molecule has 1 aromatic carbocycles. The van der Waals surface area contributed by atoms with Gasteiger partial charge in [0.2, 0.25) is 5.88 Å². The Labute approximate surface area is 190 Å². The van der Waals surface area contributed by atoms with Gasteiger partial charge >= 0.3 is 0 Å². The Bertz CT molecular complexity index is 893. The maximum atomic E-state index is 12.4. The van der Waals surface area contributed by atoms with Crippen LogP contribution >= 0.6 is 0 Å². The van der Waals surface area contributed by atoms with Crippen molar-refractivity contribution in [1.29, 1.82) is 0 Å². The SMILES string of the molecule is CC(C)Oc1cc(N2CCC(Oc3ccc([C@H](C)CC(=O)C4CCOC4)cc3)C2)ccn1. The van der Waals surface area contributed by atoms with Gasteiger partial charge in [0.1, 0.15) is 17.6 Å². The fourth-order valence-electron chi connectivity index (χ4n) is 4.40. The van der Waals surface area contributed by atoms with E-state index in [1.807, 2.05) is 38.1 Å². The zero-order chi connectivity index (χ0) is 22.5. The first-order valence-corrected chi connectivity index (χ1v) is 11.7. The summed E-state index contributed by atoms with van der Waals surface area (Å²) in [7, 11) is 0. The molecule has 0 aliphatic carbocycles. The van der Waals surface area contributed by atoms with Gasteiger partial charge in [-0.2, -0.15) is 0 Å². The lowest BCUT2D eigenvalue weighted by molar-refractivity contribution is -0.123. The van der Waals surface area contributed by atoms with E-state index in [0.29, 0.717) is 31.3 Å². The number of Topliss-reactive ketones (excluding diaryl/α,β-unsaturated/α-hetero) is 1. The van der Waals surface area contributed by atoms with Crippen LogP contribution in [0, 0.1) is 5.92 Å². The fraction of sp³-hybridized carbons (Fsp3) is 0.538. The van der Waals surface area contributed by atoms with Crippen LogP contribution in [-0.2, 0) is 9.53 Å². The van der Waals surface area contributed by atoms with Crippen LogP contribution in [-0.4, -0.2) is 49.3 Å². The van der Waals surface area contributed by atoms with Gasteiger partial charge in [-0.05, 0) is 49.9 Å². The molecule has 1 aromatic heterocycles. The highest BCUT2D eigenvalue weighted by atomic mass is 16.5. The first-order chi connectivity index (χ1) is 15.5. The maximum absolute atomic E-state index is 12.4. The fourth-order valence-corrected chi connectivity index (χ4v) is 4.40. The zero-order valence-corrected chi connectivity index (χ0v) is 19.3. The van der Waals surface area contributed by atoms with Gasteiger partial charge in [0.15, 0.2) is 0 Å². The molecular formula is C26H34N2O4. The quantitative estimate of drug-likeness (QED) is 0.569. The summed E-state index contributed by atoms with van der Waals surface area (Å²) < 4.78 is 17.3. The molecule has 0 bridgehead atoms. The van der Waals surface area contributed by atoms with Crippen LogP contribution in [0.4, 0.5) is 5.69 Å². The van der Waals surface area contributed by atoms with Crippen LogP contribution in [0.5, 0.6) is 11.6 Å². The minimum Gasteiger partial charge on any atom is -0.489 e. The Balaban J connectivity index is 1.29. The summed E-state index contributed by atoms with van der Waals surface area (Å²) in [6.07, 6.45) is 4.45. The third-order valence-corrected chi connectivity index (χ3v) is 6.23. The topological polar surface area (TPSA) is 60.9 Å². The van der Waals surface area contributed by atoms with Gasteiger partial charge in [-0.3, -0.25) is 4.79 Å². The summed E-state index contributed by atoms with van der Waals surface area (Å²) in [4.78, 5) is 19.0. The average molecular weight is 439 g/mol. The molecule has 2 saturated heterocycles. The predicted molar refractivity (Wildman–Crippen MR) is 125 cm³/mol. The summed E-state index contributed by atoms with van der Waals surface area (Å²) >= 11 is 0.